The molecule has 1 aliphatic rings. The summed E-state index contributed by atoms with van der Waals surface area (Å²) in [6, 6.07) is 12.6. The van der Waals surface area contributed by atoms with Gasteiger partial charge in [-0.25, -0.2) is 4.39 Å². The molecule has 0 unspecified atom stereocenters. The van der Waals surface area contributed by atoms with Crippen molar-refractivity contribution in [3.05, 3.63) is 64.9 Å². The van der Waals surface area contributed by atoms with E-state index in [1.807, 2.05) is 0 Å². The Hall–Kier alpha value is -2.40. The van der Waals surface area contributed by atoms with Crippen LogP contribution in [0.25, 0.3) is 0 Å². The summed E-state index contributed by atoms with van der Waals surface area (Å²) in [5.41, 5.74) is 0.309. The number of carbonyl (C=O) groups excluding carboxylic acids is 2. The third-order valence-electron chi connectivity index (χ3n) is 4.07. The highest BCUT2D eigenvalue weighted by molar-refractivity contribution is 6.31. The topological polar surface area (TPSA) is 58.2 Å². The number of hydrogen-bond acceptors (Lipinski definition) is 2. The van der Waals surface area contributed by atoms with Crippen LogP contribution in [0.1, 0.15) is 18.4 Å². The highest BCUT2D eigenvalue weighted by Crippen LogP contribution is 2.47. The van der Waals surface area contributed by atoms with E-state index in [-0.39, 0.29) is 24.2 Å². The molecule has 0 saturated heterocycles. The Kier molecular flexibility index (Phi) is 4.53. The molecule has 2 aromatic carbocycles. The lowest BCUT2D eigenvalue weighted by atomic mass is 10.0. The van der Waals surface area contributed by atoms with Gasteiger partial charge in [-0.15, -0.1) is 0 Å². The van der Waals surface area contributed by atoms with E-state index < -0.39 is 5.41 Å². The van der Waals surface area contributed by atoms with Crippen LogP contribution in [0, 0.1) is 11.2 Å². The number of amides is 2. The minimum absolute atomic E-state index is 0.255. The van der Waals surface area contributed by atoms with E-state index in [0.29, 0.717) is 23.6 Å². The van der Waals surface area contributed by atoms with Gasteiger partial charge in [0.05, 0.1) is 0 Å². The van der Waals surface area contributed by atoms with E-state index in [1.165, 1.54) is 12.1 Å². The largest absolute Gasteiger partial charge is 0.351 e. The van der Waals surface area contributed by atoms with Gasteiger partial charge in [0.1, 0.15) is 11.2 Å². The summed E-state index contributed by atoms with van der Waals surface area (Å²) < 4.78 is 12.9. The molecule has 0 atom stereocenters. The third kappa shape index (κ3) is 3.57. The zero-order chi connectivity index (χ0) is 17.2. The van der Waals surface area contributed by atoms with Crippen LogP contribution in [-0.2, 0) is 16.1 Å². The zero-order valence-corrected chi connectivity index (χ0v) is 13.6. The van der Waals surface area contributed by atoms with Crippen LogP contribution in [0.5, 0.6) is 0 Å². The van der Waals surface area contributed by atoms with Crippen molar-refractivity contribution in [2.24, 2.45) is 5.41 Å². The van der Waals surface area contributed by atoms with Gasteiger partial charge in [0.15, 0.2) is 0 Å². The molecule has 0 heterocycles. The second kappa shape index (κ2) is 6.61. The Morgan fingerprint density at radius 1 is 1.08 bits per heavy atom. The summed E-state index contributed by atoms with van der Waals surface area (Å²) in [5, 5.41) is 6.00. The molecule has 1 aliphatic carbocycles. The maximum absolute atomic E-state index is 12.9. The highest BCUT2D eigenvalue weighted by Gasteiger charge is 2.56. The molecule has 4 nitrogen and oxygen atoms in total. The molecule has 6 heteroatoms. The molecule has 124 valence electrons. The van der Waals surface area contributed by atoms with Crippen LogP contribution >= 0.6 is 11.6 Å². The van der Waals surface area contributed by atoms with Crippen LogP contribution in [-0.4, -0.2) is 11.8 Å². The smallest absolute Gasteiger partial charge is 0.240 e. The predicted octanol–water partition coefficient (Wildman–Crippen LogP) is 3.51. The molecular formula is C18H16ClFN2O2. The van der Waals surface area contributed by atoms with Gasteiger partial charge < -0.3 is 10.6 Å². The first-order chi connectivity index (χ1) is 11.5. The monoisotopic (exact) mass is 346 g/mol. The van der Waals surface area contributed by atoms with Crippen LogP contribution in [0.15, 0.2) is 48.5 Å². The van der Waals surface area contributed by atoms with Crippen molar-refractivity contribution < 1.29 is 14.0 Å². The standard InChI is InChI=1S/C18H16ClFN2O2/c19-13-2-1-3-15(10-13)22-17(24)18(8-9-18)16(23)21-11-12-4-6-14(20)7-5-12/h1-7,10H,8-9,11H2,(H,21,23)(H,22,24). The molecule has 2 amide bonds. The average molecular weight is 347 g/mol. The second-order valence-corrected chi connectivity index (χ2v) is 6.29. The summed E-state index contributed by atoms with van der Waals surface area (Å²) in [7, 11) is 0. The highest BCUT2D eigenvalue weighted by atomic mass is 35.5. The Morgan fingerprint density at radius 3 is 2.42 bits per heavy atom. The fraction of sp³-hybridized carbons (Fsp3) is 0.222. The first kappa shape index (κ1) is 16.5. The average Bonchev–Trinajstić information content (AvgIpc) is 3.36. The molecule has 2 N–H and O–H groups in total. The van der Waals surface area contributed by atoms with Crippen LogP contribution in [0.3, 0.4) is 0 Å². The van der Waals surface area contributed by atoms with Gasteiger partial charge in [0.25, 0.3) is 0 Å². The van der Waals surface area contributed by atoms with Crippen LogP contribution in [0.2, 0.25) is 5.02 Å². The Bertz CT molecular complexity index is 773. The lowest BCUT2D eigenvalue weighted by Gasteiger charge is -2.15. The molecule has 0 bridgehead atoms. The molecule has 0 radical (unpaired) electrons. The maximum Gasteiger partial charge on any atom is 0.240 e. The summed E-state index contributed by atoms with van der Waals surface area (Å²) in [4.78, 5) is 24.8. The van der Waals surface area contributed by atoms with E-state index in [1.54, 1.807) is 36.4 Å². The molecule has 1 saturated carbocycles. The number of anilines is 1. The van der Waals surface area contributed by atoms with Crippen molar-refractivity contribution in [2.45, 2.75) is 19.4 Å². The van der Waals surface area contributed by atoms with Crippen molar-refractivity contribution in [3.63, 3.8) is 0 Å². The predicted molar refractivity (Wildman–Crippen MR) is 90.0 cm³/mol. The number of halogens is 2. The minimum atomic E-state index is -1.03. The normalized spacial score (nSPS) is 14.8. The number of benzene rings is 2. The van der Waals surface area contributed by atoms with Gasteiger partial charge in [-0.2, -0.15) is 0 Å². The van der Waals surface area contributed by atoms with E-state index in [0.717, 1.165) is 5.56 Å². The van der Waals surface area contributed by atoms with Gasteiger partial charge >= 0.3 is 0 Å². The fourth-order valence-corrected chi connectivity index (χ4v) is 2.64. The Labute approximate surface area is 144 Å². The van der Waals surface area contributed by atoms with Gasteiger partial charge in [-0.05, 0) is 48.7 Å². The van der Waals surface area contributed by atoms with E-state index >= 15 is 0 Å². The number of carbonyl (C=O) groups is 2. The quantitative estimate of drug-likeness (QED) is 0.814. The molecule has 24 heavy (non-hydrogen) atoms. The van der Waals surface area contributed by atoms with Gasteiger partial charge in [0.2, 0.25) is 11.8 Å². The summed E-state index contributed by atoms with van der Waals surface area (Å²) in [6.07, 6.45) is 1.02. The Morgan fingerprint density at radius 2 is 1.79 bits per heavy atom. The summed E-state index contributed by atoms with van der Waals surface area (Å²) in [5.74, 6) is -0.975. The number of nitrogens with one attached hydrogen (secondary N) is 2. The zero-order valence-electron chi connectivity index (χ0n) is 12.8. The maximum atomic E-state index is 12.9. The first-order valence-corrected chi connectivity index (χ1v) is 7.97. The van der Waals surface area contributed by atoms with Crippen molar-refractivity contribution in [1.82, 2.24) is 5.32 Å². The molecule has 3 rings (SSSR count). The lowest BCUT2D eigenvalue weighted by molar-refractivity contribution is -0.134. The van der Waals surface area contributed by atoms with E-state index in [2.05, 4.69) is 10.6 Å². The molecule has 0 aromatic heterocycles. The first-order valence-electron chi connectivity index (χ1n) is 7.59. The van der Waals surface area contributed by atoms with Crippen LogP contribution in [0.4, 0.5) is 10.1 Å². The molecule has 0 spiro atoms. The van der Waals surface area contributed by atoms with Gasteiger partial charge in [-0.1, -0.05) is 29.8 Å². The minimum Gasteiger partial charge on any atom is -0.351 e. The third-order valence-corrected chi connectivity index (χ3v) is 4.30. The van der Waals surface area contributed by atoms with E-state index in [4.69, 9.17) is 11.6 Å². The van der Waals surface area contributed by atoms with Crippen molar-refractivity contribution in [1.29, 1.82) is 0 Å². The second-order valence-electron chi connectivity index (χ2n) is 5.86. The lowest BCUT2D eigenvalue weighted by Crippen LogP contribution is -2.39. The number of rotatable bonds is 5. The molecule has 1 fully saturated rings. The number of hydrogen-bond donors (Lipinski definition) is 2. The Balaban J connectivity index is 1.61. The van der Waals surface area contributed by atoms with Crippen LogP contribution < -0.4 is 10.6 Å². The molecular weight excluding hydrogens is 331 g/mol. The summed E-state index contributed by atoms with van der Waals surface area (Å²) >= 11 is 5.89. The van der Waals surface area contributed by atoms with Crippen molar-refractivity contribution >= 4 is 29.1 Å². The van der Waals surface area contributed by atoms with Gasteiger partial charge in [-0.3, -0.25) is 9.59 Å². The SMILES string of the molecule is O=C(NCc1ccc(F)cc1)C1(C(=O)Nc2cccc(Cl)c2)CC1. The van der Waals surface area contributed by atoms with Gasteiger partial charge in [0, 0.05) is 17.3 Å². The molecule has 2 aromatic rings. The van der Waals surface area contributed by atoms with Crippen molar-refractivity contribution in [3.8, 4) is 0 Å². The molecule has 0 aliphatic heterocycles. The van der Waals surface area contributed by atoms with E-state index in [9.17, 15) is 14.0 Å². The van der Waals surface area contributed by atoms with Crippen molar-refractivity contribution in [2.75, 3.05) is 5.32 Å². The fourth-order valence-electron chi connectivity index (χ4n) is 2.45. The summed E-state index contributed by atoms with van der Waals surface area (Å²) in [6.45, 7) is 0.255.